The zero-order valence-corrected chi connectivity index (χ0v) is 20.1. The van der Waals surface area contributed by atoms with Crippen molar-refractivity contribution in [3.8, 4) is 0 Å². The summed E-state index contributed by atoms with van der Waals surface area (Å²) >= 11 is 8.23. The van der Waals surface area contributed by atoms with Gasteiger partial charge in [-0.05, 0) is 121 Å². The first-order valence-corrected chi connectivity index (χ1v) is 10.7. The van der Waals surface area contributed by atoms with E-state index in [9.17, 15) is 14.4 Å². The number of fused-ring (bicyclic) bond motifs is 1. The Kier molecular flexibility index (Phi) is 5.70. The van der Waals surface area contributed by atoms with Gasteiger partial charge in [0.2, 0.25) is 0 Å². The van der Waals surface area contributed by atoms with Crippen molar-refractivity contribution in [3.63, 3.8) is 0 Å². The van der Waals surface area contributed by atoms with Gasteiger partial charge in [-0.1, -0.05) is 5.06 Å². The largest absolute Gasteiger partial charge is 0.366 e. The van der Waals surface area contributed by atoms with Gasteiger partial charge in [-0.15, -0.1) is 0 Å². The number of carbonyl (C=O) groups excluding carboxylic acids is 3. The van der Waals surface area contributed by atoms with Crippen LogP contribution >= 0.6 is 90.4 Å². The van der Waals surface area contributed by atoms with E-state index < -0.39 is 17.8 Å². The molecule has 5 nitrogen and oxygen atoms in total. The van der Waals surface area contributed by atoms with Gasteiger partial charge in [0, 0.05) is 14.3 Å². The first-order valence-electron chi connectivity index (χ1n) is 6.35. The van der Waals surface area contributed by atoms with E-state index in [0.717, 1.165) is 10.7 Å². The summed E-state index contributed by atoms with van der Waals surface area (Å²) in [6.07, 6.45) is 0. The maximum Gasteiger partial charge on any atom is 0.366 e. The fraction of sp³-hybridized carbons (Fsp3) is 0. The minimum absolute atomic E-state index is 0.236. The number of hydrogen-bond donors (Lipinski definition) is 0. The van der Waals surface area contributed by atoms with Crippen LogP contribution in [0.1, 0.15) is 31.1 Å². The lowest BCUT2D eigenvalue weighted by atomic mass is 10.1. The average molecular weight is 771 g/mol. The van der Waals surface area contributed by atoms with E-state index in [4.69, 9.17) is 4.84 Å². The van der Waals surface area contributed by atoms with Crippen LogP contribution < -0.4 is 0 Å². The van der Waals surface area contributed by atoms with Crippen molar-refractivity contribution in [1.82, 2.24) is 5.06 Å². The molecule has 0 N–H and O–H groups in total. The van der Waals surface area contributed by atoms with Crippen LogP contribution in [0.3, 0.4) is 0 Å². The smallest absolute Gasteiger partial charge is 0.324 e. The molecule has 0 atom stereocenters. The van der Waals surface area contributed by atoms with Gasteiger partial charge in [-0.2, -0.15) is 0 Å². The van der Waals surface area contributed by atoms with Crippen molar-refractivity contribution in [2.45, 2.75) is 0 Å². The van der Waals surface area contributed by atoms with Crippen LogP contribution in [0, 0.1) is 14.3 Å². The van der Waals surface area contributed by atoms with Gasteiger partial charge in [0.1, 0.15) is 0 Å². The number of amides is 2. The molecule has 2 aromatic carbocycles. The summed E-state index contributed by atoms with van der Waals surface area (Å²) in [6, 6.07) is 8.55. The van der Waals surface area contributed by atoms with Crippen molar-refractivity contribution >= 4 is 108 Å². The summed E-state index contributed by atoms with van der Waals surface area (Å²) in [5.74, 6) is -1.99. The maximum atomic E-state index is 12.5. The highest BCUT2D eigenvalue weighted by molar-refractivity contribution is 14.1. The third kappa shape index (κ3) is 3.32. The molecule has 0 spiro atoms. The SMILES string of the molecule is O=C(ON1C(=O)c2ccc(I)cc2C1=O)c1c(I)ccc(I)c1I. The normalized spacial score (nSPS) is 13.2. The number of nitrogens with zero attached hydrogens (tertiary/aromatic N) is 1. The molecule has 0 aromatic heterocycles. The molecule has 2 aromatic rings. The maximum absolute atomic E-state index is 12.5. The molecule has 0 aliphatic carbocycles. The lowest BCUT2D eigenvalue weighted by molar-refractivity contribution is -0.0586. The Bertz CT molecular complexity index is 913. The van der Waals surface area contributed by atoms with E-state index in [-0.39, 0.29) is 11.1 Å². The van der Waals surface area contributed by atoms with E-state index >= 15 is 0 Å². The quantitative estimate of drug-likeness (QED) is 0.257. The van der Waals surface area contributed by atoms with E-state index in [1.807, 2.05) is 51.2 Å². The minimum Gasteiger partial charge on any atom is -0.324 e. The summed E-state index contributed by atoms with van der Waals surface area (Å²) in [7, 11) is 0. The van der Waals surface area contributed by atoms with Crippen molar-refractivity contribution < 1.29 is 19.2 Å². The van der Waals surface area contributed by atoms with Gasteiger partial charge in [0.05, 0.1) is 16.7 Å². The molecule has 1 aliphatic rings. The predicted molar refractivity (Wildman–Crippen MR) is 120 cm³/mol. The molecule has 24 heavy (non-hydrogen) atoms. The minimum atomic E-state index is -0.730. The van der Waals surface area contributed by atoms with Crippen LogP contribution in [0.25, 0.3) is 0 Å². The molecule has 2 amide bonds. The Hall–Kier alpha value is -0.0300. The summed E-state index contributed by atoms with van der Waals surface area (Å²) < 4.78 is 3.12. The lowest BCUT2D eigenvalue weighted by Crippen LogP contribution is -2.33. The molecular formula is C15H5I4NO4. The lowest BCUT2D eigenvalue weighted by Gasteiger charge is -2.14. The number of hydrogen-bond acceptors (Lipinski definition) is 4. The Morgan fingerprint density at radius 3 is 2.21 bits per heavy atom. The molecule has 122 valence electrons. The molecule has 0 saturated carbocycles. The second kappa shape index (κ2) is 7.30. The topological polar surface area (TPSA) is 63.7 Å². The second-order valence-corrected chi connectivity index (χ2v) is 9.34. The molecule has 0 fully saturated rings. The molecule has 0 bridgehead atoms. The highest BCUT2D eigenvalue weighted by Gasteiger charge is 2.39. The average Bonchev–Trinajstić information content (AvgIpc) is 2.76. The number of rotatable bonds is 2. The summed E-state index contributed by atoms with van der Waals surface area (Å²) in [5, 5.41) is 0.537. The fourth-order valence-electron chi connectivity index (χ4n) is 2.12. The first kappa shape index (κ1) is 18.8. The van der Waals surface area contributed by atoms with Crippen molar-refractivity contribution in [1.29, 1.82) is 0 Å². The molecule has 0 saturated heterocycles. The van der Waals surface area contributed by atoms with Crippen molar-refractivity contribution in [2.75, 3.05) is 0 Å². The Balaban J connectivity index is 1.93. The molecule has 3 rings (SSSR count). The van der Waals surface area contributed by atoms with Crippen LogP contribution in [0.4, 0.5) is 0 Å². The summed E-state index contributed by atoms with van der Waals surface area (Å²) in [4.78, 5) is 42.4. The predicted octanol–water partition coefficient (Wildman–Crippen LogP) is 4.47. The van der Waals surface area contributed by atoms with Crippen molar-refractivity contribution in [2.24, 2.45) is 0 Å². The van der Waals surface area contributed by atoms with Gasteiger partial charge in [0.25, 0.3) is 11.8 Å². The molecule has 0 unspecified atom stereocenters. The van der Waals surface area contributed by atoms with Gasteiger partial charge in [-0.25, -0.2) is 4.79 Å². The zero-order valence-electron chi connectivity index (χ0n) is 11.5. The Labute approximate surface area is 191 Å². The van der Waals surface area contributed by atoms with Crippen LogP contribution in [0.5, 0.6) is 0 Å². The number of carbonyl (C=O) groups is 3. The zero-order chi connectivity index (χ0) is 17.6. The standard InChI is InChI=1S/C15H5I4NO4/c16-6-1-2-7-8(5-6)14(22)20(13(7)21)24-15(23)11-9(17)3-4-10(18)12(11)19/h1-5H. The molecule has 1 heterocycles. The molecular weight excluding hydrogens is 766 g/mol. The first-order chi connectivity index (χ1) is 11.3. The monoisotopic (exact) mass is 771 g/mol. The van der Waals surface area contributed by atoms with Crippen LogP contribution in [0.2, 0.25) is 0 Å². The summed E-state index contributed by atoms with van der Waals surface area (Å²) in [6.45, 7) is 0. The van der Waals surface area contributed by atoms with Gasteiger partial charge in [-0.3, -0.25) is 9.59 Å². The highest BCUT2D eigenvalue weighted by Crippen LogP contribution is 2.28. The molecule has 1 aliphatic heterocycles. The number of imide groups is 1. The van der Waals surface area contributed by atoms with Crippen LogP contribution in [0.15, 0.2) is 30.3 Å². The molecule has 0 radical (unpaired) electrons. The Morgan fingerprint density at radius 1 is 0.875 bits per heavy atom. The fourth-order valence-corrected chi connectivity index (χ4v) is 4.93. The van der Waals surface area contributed by atoms with E-state index in [2.05, 4.69) is 45.2 Å². The molecule has 9 heteroatoms. The third-order valence-corrected chi connectivity index (χ3v) is 7.86. The summed E-state index contributed by atoms with van der Waals surface area (Å²) in [5.41, 5.74) is 0.821. The van der Waals surface area contributed by atoms with Gasteiger partial charge >= 0.3 is 5.97 Å². The van der Waals surface area contributed by atoms with Crippen LogP contribution in [-0.2, 0) is 4.84 Å². The number of benzene rings is 2. The van der Waals surface area contributed by atoms with Gasteiger partial charge in [0.15, 0.2) is 0 Å². The highest BCUT2D eigenvalue weighted by atomic mass is 127. The third-order valence-electron chi connectivity index (χ3n) is 3.23. The van der Waals surface area contributed by atoms with Crippen molar-refractivity contribution in [3.05, 3.63) is 61.3 Å². The van der Waals surface area contributed by atoms with E-state index in [0.29, 0.717) is 14.2 Å². The van der Waals surface area contributed by atoms with Gasteiger partial charge < -0.3 is 4.84 Å². The second-order valence-electron chi connectivity index (χ2n) is 4.69. The Morgan fingerprint density at radius 2 is 1.50 bits per heavy atom. The van der Waals surface area contributed by atoms with E-state index in [1.165, 1.54) is 0 Å². The van der Waals surface area contributed by atoms with E-state index in [1.54, 1.807) is 24.3 Å². The number of halogens is 4. The van der Waals surface area contributed by atoms with Crippen LogP contribution in [-0.4, -0.2) is 22.8 Å². The number of hydroxylamine groups is 2.